The predicted molar refractivity (Wildman–Crippen MR) is 173 cm³/mol. The SMILES string of the molecule is CCNCC(=O)Oc1c(C)cc(C[n+]2cnn(CC(O)(c3cc(F)c(F)cc3F)C(C)c3nc(-c4ccc(C#N)cc4)cs3)c2)cc1C. The monoisotopic (exact) mass is 675 g/mol. The number of ether oxygens (including phenoxy) is 1. The minimum atomic E-state index is -2.10. The van der Waals surface area contributed by atoms with Crippen LogP contribution in [-0.4, -0.2) is 38.9 Å². The van der Waals surface area contributed by atoms with E-state index in [4.69, 9.17) is 10.00 Å². The molecule has 5 aromatic rings. The first-order valence-corrected chi connectivity index (χ1v) is 16.1. The Bertz CT molecular complexity index is 1970. The molecule has 0 saturated heterocycles. The standard InChI is InChI=1S/C35H34F3N6O3S/c1-5-40-15-32(45)47-33-21(2)10-25(11-22(33)3)16-43-19-41-44(20-43)18-35(46,27-12-29(37)30(38)13-28(27)36)23(4)34-42-31(17-48-34)26-8-6-24(14-39)7-9-26/h6-13,17,19-20,23,40,46H,5,15-16,18H2,1-4H3/q+1. The predicted octanol–water partition coefficient (Wildman–Crippen LogP) is 5.45. The molecule has 0 radical (unpaired) electrons. The van der Waals surface area contributed by atoms with E-state index in [0.29, 0.717) is 47.2 Å². The van der Waals surface area contributed by atoms with Gasteiger partial charge in [-0.05, 0) is 67.4 Å². The van der Waals surface area contributed by atoms with Crippen molar-refractivity contribution in [2.45, 2.75) is 52.3 Å². The smallest absolute Gasteiger partial charge is 0.325 e. The Kier molecular flexibility index (Phi) is 10.4. The van der Waals surface area contributed by atoms with E-state index in [1.807, 2.05) is 32.9 Å². The molecule has 2 atom stereocenters. The number of nitrogens with one attached hydrogen (secondary N) is 1. The van der Waals surface area contributed by atoms with Crippen molar-refractivity contribution in [1.82, 2.24) is 20.1 Å². The van der Waals surface area contributed by atoms with Gasteiger partial charge in [-0.25, -0.2) is 22.7 Å². The Morgan fingerprint density at radius 2 is 1.81 bits per heavy atom. The molecule has 0 saturated carbocycles. The number of nitriles is 1. The van der Waals surface area contributed by atoms with Crippen LogP contribution in [0.5, 0.6) is 5.75 Å². The van der Waals surface area contributed by atoms with Crippen molar-refractivity contribution in [2.75, 3.05) is 13.1 Å². The van der Waals surface area contributed by atoms with Crippen molar-refractivity contribution in [2.24, 2.45) is 0 Å². The molecule has 5 rings (SSSR count). The topological polar surface area (TPSA) is 117 Å². The minimum absolute atomic E-state index is 0.104. The van der Waals surface area contributed by atoms with Crippen LogP contribution >= 0.6 is 11.3 Å². The minimum Gasteiger partial charge on any atom is -0.425 e. The second kappa shape index (κ2) is 14.5. The van der Waals surface area contributed by atoms with Crippen LogP contribution in [-0.2, 0) is 23.5 Å². The number of carbonyl (C=O) groups excluding carboxylic acids is 1. The lowest BCUT2D eigenvalue weighted by molar-refractivity contribution is -0.689. The highest BCUT2D eigenvalue weighted by Crippen LogP contribution is 2.42. The molecule has 248 valence electrons. The van der Waals surface area contributed by atoms with E-state index in [0.717, 1.165) is 22.3 Å². The Morgan fingerprint density at radius 3 is 2.48 bits per heavy atom. The molecular weight excluding hydrogens is 641 g/mol. The van der Waals surface area contributed by atoms with E-state index in [9.17, 15) is 18.7 Å². The second-order valence-electron chi connectivity index (χ2n) is 11.6. The van der Waals surface area contributed by atoms with Gasteiger partial charge >= 0.3 is 5.97 Å². The largest absolute Gasteiger partial charge is 0.425 e. The van der Waals surface area contributed by atoms with Gasteiger partial charge in [0.25, 0.3) is 6.33 Å². The van der Waals surface area contributed by atoms with Crippen molar-refractivity contribution in [3.8, 4) is 23.1 Å². The molecule has 2 N–H and O–H groups in total. The number of hydrogen-bond acceptors (Lipinski definition) is 8. The van der Waals surface area contributed by atoms with Crippen LogP contribution in [0.1, 0.15) is 52.6 Å². The molecule has 48 heavy (non-hydrogen) atoms. The van der Waals surface area contributed by atoms with Gasteiger partial charge in [-0.3, -0.25) is 4.79 Å². The molecule has 9 nitrogen and oxygen atoms in total. The number of likely N-dealkylation sites (N-methyl/N-ethyl adjacent to an activating group) is 1. The third-order valence-electron chi connectivity index (χ3n) is 8.05. The molecule has 13 heteroatoms. The Balaban J connectivity index is 1.42. The summed E-state index contributed by atoms with van der Waals surface area (Å²) in [6.07, 6.45) is 3.16. The fourth-order valence-corrected chi connectivity index (χ4v) is 6.47. The summed E-state index contributed by atoms with van der Waals surface area (Å²) < 4.78 is 52.5. The van der Waals surface area contributed by atoms with Gasteiger partial charge in [0.2, 0.25) is 6.33 Å². The molecule has 0 aliphatic rings. The highest BCUT2D eigenvalue weighted by atomic mass is 32.1. The van der Waals surface area contributed by atoms with Crippen molar-refractivity contribution in [3.05, 3.63) is 117 Å². The maximum Gasteiger partial charge on any atom is 0.325 e. The Hall–Kier alpha value is -4.90. The molecule has 0 bridgehead atoms. The second-order valence-corrected chi connectivity index (χ2v) is 12.5. The zero-order valence-corrected chi connectivity index (χ0v) is 27.6. The van der Waals surface area contributed by atoms with E-state index in [2.05, 4.69) is 21.5 Å². The third-order valence-corrected chi connectivity index (χ3v) is 9.08. The van der Waals surface area contributed by atoms with E-state index < -0.39 is 34.5 Å². The first-order chi connectivity index (χ1) is 22.9. The fourth-order valence-electron chi connectivity index (χ4n) is 5.50. The number of hydrogen-bond donors (Lipinski definition) is 2. The number of halogens is 3. The maximum atomic E-state index is 15.3. The van der Waals surface area contributed by atoms with Gasteiger partial charge in [0, 0.05) is 33.6 Å². The van der Waals surface area contributed by atoms with E-state index in [-0.39, 0.29) is 19.1 Å². The molecule has 2 aromatic heterocycles. The van der Waals surface area contributed by atoms with Gasteiger partial charge in [-0.1, -0.05) is 26.0 Å². The number of aromatic nitrogens is 4. The highest BCUT2D eigenvalue weighted by Gasteiger charge is 2.44. The Morgan fingerprint density at radius 1 is 1.12 bits per heavy atom. The van der Waals surface area contributed by atoms with Crippen LogP contribution in [0.4, 0.5) is 13.2 Å². The number of benzene rings is 3. The van der Waals surface area contributed by atoms with Gasteiger partial charge < -0.3 is 15.2 Å². The summed E-state index contributed by atoms with van der Waals surface area (Å²) >= 11 is 1.23. The highest BCUT2D eigenvalue weighted by molar-refractivity contribution is 7.10. The van der Waals surface area contributed by atoms with Crippen LogP contribution in [0.2, 0.25) is 0 Å². The molecule has 0 aliphatic carbocycles. The van der Waals surface area contributed by atoms with Crippen LogP contribution in [0.25, 0.3) is 11.3 Å². The molecule has 0 amide bonds. The molecule has 2 heterocycles. The molecule has 0 spiro atoms. The zero-order valence-electron chi connectivity index (χ0n) is 26.8. The maximum absolute atomic E-state index is 15.3. The fraction of sp³-hybridized carbons (Fsp3) is 0.286. The summed E-state index contributed by atoms with van der Waals surface area (Å²) in [6, 6.07) is 13.8. The summed E-state index contributed by atoms with van der Waals surface area (Å²) in [4.78, 5) is 16.8. The number of esters is 1. The number of rotatable bonds is 12. The number of carbonyl (C=O) groups is 1. The lowest BCUT2D eigenvalue weighted by Crippen LogP contribution is -2.39. The summed E-state index contributed by atoms with van der Waals surface area (Å²) in [5.74, 6) is -4.55. The van der Waals surface area contributed by atoms with Crippen LogP contribution in [0.3, 0.4) is 0 Å². The molecule has 3 aromatic carbocycles. The first kappa shape index (κ1) is 34.4. The average Bonchev–Trinajstić information content (AvgIpc) is 3.73. The van der Waals surface area contributed by atoms with E-state index >= 15 is 4.39 Å². The summed E-state index contributed by atoms with van der Waals surface area (Å²) in [6.45, 7) is 8.05. The Labute approximate surface area is 279 Å². The first-order valence-electron chi connectivity index (χ1n) is 15.2. The molecular formula is C35H34F3N6O3S+. The van der Waals surface area contributed by atoms with Gasteiger partial charge in [0.15, 0.2) is 11.6 Å². The van der Waals surface area contributed by atoms with Crippen molar-refractivity contribution in [3.63, 3.8) is 0 Å². The zero-order chi connectivity index (χ0) is 34.6. The number of aryl methyl sites for hydroxylation is 2. The summed E-state index contributed by atoms with van der Waals surface area (Å²) in [7, 11) is 0. The van der Waals surface area contributed by atoms with Gasteiger partial charge in [0.05, 0.1) is 35.4 Å². The quantitative estimate of drug-likeness (QED) is 0.0782. The van der Waals surface area contributed by atoms with Crippen molar-refractivity contribution >= 4 is 17.3 Å². The van der Waals surface area contributed by atoms with Crippen LogP contribution in [0, 0.1) is 42.6 Å². The number of thiazole rings is 1. The summed E-state index contributed by atoms with van der Waals surface area (Å²) in [5.41, 5.74) is 1.74. The molecule has 0 fully saturated rings. The van der Waals surface area contributed by atoms with Crippen molar-refractivity contribution in [1.29, 1.82) is 5.26 Å². The lowest BCUT2D eigenvalue weighted by atomic mass is 9.82. The van der Waals surface area contributed by atoms with E-state index in [1.165, 1.54) is 22.3 Å². The van der Waals surface area contributed by atoms with Crippen LogP contribution < -0.4 is 14.6 Å². The lowest BCUT2D eigenvalue weighted by Gasteiger charge is -2.32. The third kappa shape index (κ3) is 7.46. The average molecular weight is 676 g/mol. The number of nitrogens with zero attached hydrogens (tertiary/aromatic N) is 5. The van der Waals surface area contributed by atoms with Crippen molar-refractivity contribution < 1.29 is 32.4 Å². The van der Waals surface area contributed by atoms with E-state index in [1.54, 1.807) is 47.5 Å². The van der Waals surface area contributed by atoms with Crippen LogP contribution in [0.15, 0.2) is 66.6 Å². The molecule has 0 aliphatic heterocycles. The van der Waals surface area contributed by atoms with Gasteiger partial charge in [-0.2, -0.15) is 5.26 Å². The summed E-state index contributed by atoms with van der Waals surface area (Å²) in [5, 5.41) is 30.9. The molecule has 2 unspecified atom stereocenters. The number of aliphatic hydroxyl groups is 1. The van der Waals surface area contributed by atoms with Gasteiger partial charge in [0.1, 0.15) is 23.7 Å². The normalized spacial score (nSPS) is 13.1. The van der Waals surface area contributed by atoms with Gasteiger partial charge in [-0.15, -0.1) is 16.0 Å².